The molecule has 0 aliphatic carbocycles. The second-order valence-corrected chi connectivity index (χ2v) is 12.5. The van der Waals surface area contributed by atoms with Crippen LogP contribution in [-0.4, -0.2) is 83.6 Å². The summed E-state index contributed by atoms with van der Waals surface area (Å²) in [6.45, 7) is 2.39. The van der Waals surface area contributed by atoms with Crippen molar-refractivity contribution in [3.05, 3.63) is 64.7 Å². The summed E-state index contributed by atoms with van der Waals surface area (Å²) >= 11 is 0. The summed E-state index contributed by atoms with van der Waals surface area (Å²) < 4.78 is 58.9. The Kier molecular flexibility index (Phi) is 8.14. The van der Waals surface area contributed by atoms with Gasteiger partial charge in [-0.25, -0.2) is 8.42 Å². The Labute approximate surface area is 241 Å². The molecule has 5 rings (SSSR count). The van der Waals surface area contributed by atoms with Crippen LogP contribution >= 0.6 is 0 Å². The maximum absolute atomic E-state index is 13.9. The van der Waals surface area contributed by atoms with E-state index in [1.54, 1.807) is 12.1 Å². The summed E-state index contributed by atoms with van der Waals surface area (Å²) in [7, 11) is -4.68. The lowest BCUT2D eigenvalue weighted by molar-refractivity contribution is -0.136. The van der Waals surface area contributed by atoms with E-state index in [2.05, 4.69) is 5.32 Å². The molecular formula is C28H30F2N4O7S. The van der Waals surface area contributed by atoms with Crippen LogP contribution in [0.25, 0.3) is 0 Å². The van der Waals surface area contributed by atoms with Crippen molar-refractivity contribution < 1.29 is 41.1 Å². The van der Waals surface area contributed by atoms with E-state index in [0.29, 0.717) is 19.6 Å². The number of ether oxygens (including phenoxy) is 1. The molecule has 42 heavy (non-hydrogen) atoms. The SMILES string of the molecule is CCC(F)(F)S(=O)(=O)N1CCN(Cc2ccc(COc3cccc4c3C(=O)N(C3CCC(=O)NC3=O)C4=O)cc2)CC1. The molecule has 11 nitrogen and oxygen atoms in total. The molecule has 1 atom stereocenters. The number of carbonyl (C=O) groups is 4. The third kappa shape index (κ3) is 5.53. The first kappa shape index (κ1) is 29.7. The van der Waals surface area contributed by atoms with E-state index in [0.717, 1.165) is 27.3 Å². The molecule has 0 saturated carbocycles. The number of nitrogens with zero attached hydrogens (tertiary/aromatic N) is 3. The molecule has 3 heterocycles. The molecule has 3 aliphatic rings. The third-order valence-corrected chi connectivity index (χ3v) is 9.80. The van der Waals surface area contributed by atoms with Crippen LogP contribution in [0.4, 0.5) is 8.78 Å². The second-order valence-electron chi connectivity index (χ2n) is 10.4. The average molecular weight is 605 g/mol. The van der Waals surface area contributed by atoms with Crippen LogP contribution in [0.3, 0.4) is 0 Å². The molecule has 0 aromatic heterocycles. The van der Waals surface area contributed by atoms with Gasteiger partial charge < -0.3 is 4.74 Å². The monoisotopic (exact) mass is 604 g/mol. The highest BCUT2D eigenvalue weighted by Gasteiger charge is 2.48. The number of alkyl halides is 2. The summed E-state index contributed by atoms with van der Waals surface area (Å²) in [5.74, 6) is -2.20. The zero-order valence-corrected chi connectivity index (χ0v) is 23.7. The van der Waals surface area contributed by atoms with E-state index in [1.165, 1.54) is 6.07 Å². The van der Waals surface area contributed by atoms with Crippen LogP contribution in [0.2, 0.25) is 0 Å². The highest BCUT2D eigenvalue weighted by Crippen LogP contribution is 2.34. The smallest absolute Gasteiger partial charge is 0.359 e. The minimum absolute atomic E-state index is 0.00651. The number of piperazine rings is 1. The van der Waals surface area contributed by atoms with Crippen LogP contribution < -0.4 is 10.1 Å². The van der Waals surface area contributed by atoms with Crippen molar-refractivity contribution in [3.63, 3.8) is 0 Å². The van der Waals surface area contributed by atoms with Gasteiger partial charge in [-0.15, -0.1) is 0 Å². The number of imide groups is 2. The number of benzene rings is 2. The largest absolute Gasteiger partial charge is 0.488 e. The molecule has 0 bridgehead atoms. The number of carbonyl (C=O) groups excluding carboxylic acids is 4. The molecule has 14 heteroatoms. The van der Waals surface area contributed by atoms with Crippen molar-refractivity contribution in [2.45, 2.75) is 50.6 Å². The third-order valence-electron chi connectivity index (χ3n) is 7.71. The van der Waals surface area contributed by atoms with Crippen molar-refractivity contribution in [3.8, 4) is 5.75 Å². The Morgan fingerprint density at radius 2 is 1.62 bits per heavy atom. The standard InChI is InChI=1S/C28H30F2N4O7S/c1-2-28(29,30)42(39,40)33-14-12-32(13-15-33)16-18-6-8-19(9-7-18)17-41-22-5-3-4-20-24(22)27(38)34(26(20)37)21-10-11-23(35)31-25(21)36/h3-9,21H,2,10-17H2,1H3,(H,31,35,36). The van der Waals surface area contributed by atoms with Gasteiger partial charge in [0.25, 0.3) is 21.8 Å². The van der Waals surface area contributed by atoms with E-state index in [4.69, 9.17) is 4.74 Å². The van der Waals surface area contributed by atoms with E-state index in [9.17, 15) is 36.4 Å². The van der Waals surface area contributed by atoms with Gasteiger partial charge in [0, 0.05) is 45.6 Å². The Morgan fingerprint density at radius 3 is 2.26 bits per heavy atom. The minimum Gasteiger partial charge on any atom is -0.488 e. The lowest BCUT2D eigenvalue weighted by Crippen LogP contribution is -2.54. The first-order chi connectivity index (χ1) is 19.9. The number of halogens is 2. The molecule has 224 valence electrons. The van der Waals surface area contributed by atoms with Crippen molar-refractivity contribution in [2.24, 2.45) is 0 Å². The van der Waals surface area contributed by atoms with Crippen molar-refractivity contribution in [2.75, 3.05) is 26.2 Å². The fourth-order valence-corrected chi connectivity index (χ4v) is 6.65. The van der Waals surface area contributed by atoms with E-state index < -0.39 is 51.4 Å². The molecule has 4 amide bonds. The van der Waals surface area contributed by atoms with E-state index in [1.807, 2.05) is 29.2 Å². The van der Waals surface area contributed by atoms with Gasteiger partial charge in [-0.05, 0) is 29.7 Å². The highest BCUT2D eigenvalue weighted by molar-refractivity contribution is 7.90. The van der Waals surface area contributed by atoms with Gasteiger partial charge in [-0.3, -0.25) is 34.3 Å². The zero-order chi connectivity index (χ0) is 30.2. The van der Waals surface area contributed by atoms with E-state index in [-0.39, 0.29) is 49.4 Å². The van der Waals surface area contributed by atoms with Gasteiger partial charge in [0.2, 0.25) is 11.8 Å². The summed E-state index contributed by atoms with van der Waals surface area (Å²) in [5.41, 5.74) is 1.92. The molecule has 3 aliphatic heterocycles. The molecular weight excluding hydrogens is 574 g/mol. The van der Waals surface area contributed by atoms with Gasteiger partial charge in [0.05, 0.1) is 11.1 Å². The number of nitrogens with one attached hydrogen (secondary N) is 1. The van der Waals surface area contributed by atoms with Gasteiger partial charge >= 0.3 is 5.25 Å². The van der Waals surface area contributed by atoms with Crippen molar-refractivity contribution in [1.29, 1.82) is 0 Å². The van der Waals surface area contributed by atoms with Crippen LogP contribution in [0.15, 0.2) is 42.5 Å². The molecule has 2 aromatic carbocycles. The number of hydrogen-bond acceptors (Lipinski definition) is 8. The van der Waals surface area contributed by atoms with Crippen LogP contribution in [0, 0.1) is 0 Å². The Morgan fingerprint density at radius 1 is 0.952 bits per heavy atom. The van der Waals surface area contributed by atoms with Gasteiger partial charge in [-0.1, -0.05) is 37.3 Å². The summed E-state index contributed by atoms with van der Waals surface area (Å²) in [4.78, 5) is 52.9. The number of sulfonamides is 1. The van der Waals surface area contributed by atoms with Crippen molar-refractivity contribution >= 4 is 33.7 Å². The molecule has 2 aromatic rings. The topological polar surface area (TPSA) is 133 Å². The Hall–Kier alpha value is -3.75. The predicted octanol–water partition coefficient (Wildman–Crippen LogP) is 2.12. The quantitative estimate of drug-likeness (QED) is 0.431. The summed E-state index contributed by atoms with van der Waals surface area (Å²) in [6.07, 6.45) is -0.686. The number of rotatable bonds is 9. The van der Waals surface area contributed by atoms with Gasteiger partial charge in [0.15, 0.2) is 0 Å². The maximum atomic E-state index is 13.9. The minimum atomic E-state index is -4.68. The molecule has 0 spiro atoms. The number of amides is 4. The fourth-order valence-electron chi connectivity index (χ4n) is 5.26. The molecule has 2 saturated heterocycles. The number of hydrogen-bond donors (Lipinski definition) is 1. The average Bonchev–Trinajstić information content (AvgIpc) is 3.22. The van der Waals surface area contributed by atoms with Crippen LogP contribution in [0.1, 0.15) is 58.0 Å². The first-order valence-corrected chi connectivity index (χ1v) is 15.0. The fraction of sp³-hybridized carbons (Fsp3) is 0.429. The van der Waals surface area contributed by atoms with Gasteiger partial charge in [0.1, 0.15) is 18.4 Å². The van der Waals surface area contributed by atoms with E-state index >= 15 is 0 Å². The lowest BCUT2D eigenvalue weighted by Gasteiger charge is -2.35. The molecule has 1 N–H and O–H groups in total. The Bertz CT molecular complexity index is 1520. The van der Waals surface area contributed by atoms with Crippen LogP contribution in [0.5, 0.6) is 5.75 Å². The predicted molar refractivity (Wildman–Crippen MR) is 145 cm³/mol. The zero-order valence-electron chi connectivity index (χ0n) is 22.8. The van der Waals surface area contributed by atoms with Crippen molar-refractivity contribution in [1.82, 2.24) is 19.4 Å². The highest BCUT2D eigenvalue weighted by atomic mass is 32.2. The molecule has 2 fully saturated rings. The Balaban J connectivity index is 1.18. The number of fused-ring (bicyclic) bond motifs is 1. The number of piperidine rings is 1. The van der Waals surface area contributed by atoms with Gasteiger partial charge in [-0.2, -0.15) is 13.1 Å². The van der Waals surface area contributed by atoms with Crippen LogP contribution in [-0.2, 0) is 32.8 Å². The first-order valence-electron chi connectivity index (χ1n) is 13.6. The summed E-state index contributed by atoms with van der Waals surface area (Å²) in [6, 6.07) is 11.0. The molecule has 1 unspecified atom stereocenters. The normalized spacial score (nSPS) is 20.5. The second kappa shape index (κ2) is 11.5. The molecule has 0 radical (unpaired) electrons. The maximum Gasteiger partial charge on any atom is 0.359 e. The summed E-state index contributed by atoms with van der Waals surface area (Å²) in [5, 5.41) is -1.61. The lowest BCUT2D eigenvalue weighted by atomic mass is 10.0.